The summed E-state index contributed by atoms with van der Waals surface area (Å²) < 4.78 is 2.49. The van der Waals surface area contributed by atoms with Gasteiger partial charge in [-0.15, -0.1) is 0 Å². The molecule has 3 nitrogen and oxygen atoms in total. The molecule has 0 bridgehead atoms. The second kappa shape index (κ2) is 19.9. The van der Waals surface area contributed by atoms with Crippen molar-refractivity contribution in [3.63, 3.8) is 0 Å². The van der Waals surface area contributed by atoms with Crippen LogP contribution >= 0.6 is 0 Å². The number of anilines is 6. The quantitative estimate of drug-likeness (QED) is 0.141. The highest BCUT2D eigenvalue weighted by molar-refractivity contribution is 7.00. The highest BCUT2D eigenvalue weighted by Crippen LogP contribution is 2.51. The number of hydrogen-bond acceptors (Lipinski definition) is 2. The summed E-state index contributed by atoms with van der Waals surface area (Å²) in [6, 6.07) is 105. The number of fused-ring (bicyclic) bond motifs is 7. The van der Waals surface area contributed by atoms with Gasteiger partial charge in [-0.1, -0.05) is 242 Å². The molecular weight excluding hydrogens is 1010 g/mol. The summed E-state index contributed by atoms with van der Waals surface area (Å²) in [5.41, 5.74) is 28.2. The molecule has 12 aromatic carbocycles. The molecule has 0 N–H and O–H groups in total. The number of rotatable bonds is 8. The van der Waals surface area contributed by atoms with Gasteiger partial charge in [-0.2, -0.15) is 0 Å². The molecule has 0 fully saturated rings. The Morgan fingerprint density at radius 2 is 0.679 bits per heavy atom. The fraction of sp³-hybridized carbons (Fsp3) is 0.100. The number of nitrogens with zero attached hydrogens (tertiary/aromatic N) is 3. The van der Waals surface area contributed by atoms with E-state index < -0.39 is 0 Å². The van der Waals surface area contributed by atoms with Crippen molar-refractivity contribution in [3.05, 3.63) is 290 Å². The molecule has 15 rings (SSSR count). The fourth-order valence-corrected chi connectivity index (χ4v) is 13.4. The summed E-state index contributed by atoms with van der Waals surface area (Å²) in [7, 11) is 0. The van der Waals surface area contributed by atoms with Crippen LogP contribution in [0.2, 0.25) is 0 Å². The second-order valence-electron chi connectivity index (χ2n) is 25.0. The lowest BCUT2D eigenvalue weighted by atomic mass is 9.33. The summed E-state index contributed by atoms with van der Waals surface area (Å²) in [4.78, 5) is 5.27. The van der Waals surface area contributed by atoms with Gasteiger partial charge in [-0.25, -0.2) is 0 Å². The van der Waals surface area contributed by atoms with Crippen LogP contribution in [0.25, 0.3) is 83.1 Å². The number of aromatic nitrogens is 1. The van der Waals surface area contributed by atoms with E-state index in [4.69, 9.17) is 0 Å². The van der Waals surface area contributed by atoms with Crippen LogP contribution in [0.3, 0.4) is 0 Å². The molecule has 0 spiro atoms. The van der Waals surface area contributed by atoms with Crippen LogP contribution in [0.4, 0.5) is 34.1 Å². The van der Waals surface area contributed by atoms with Gasteiger partial charge in [0.05, 0.1) is 11.0 Å². The Kier molecular flexibility index (Phi) is 12.1. The summed E-state index contributed by atoms with van der Waals surface area (Å²) >= 11 is 0. The predicted octanol–water partition coefficient (Wildman–Crippen LogP) is 19.8. The van der Waals surface area contributed by atoms with E-state index in [1.54, 1.807) is 0 Å². The monoisotopic (exact) mass is 1080 g/mol. The van der Waals surface area contributed by atoms with Crippen LogP contribution in [-0.2, 0) is 10.8 Å². The molecule has 0 amide bonds. The minimum absolute atomic E-state index is 0.104. The highest BCUT2D eigenvalue weighted by atomic mass is 15.2. The molecular formula is C80H64BN3. The van der Waals surface area contributed by atoms with Crippen molar-refractivity contribution in [1.82, 2.24) is 4.57 Å². The maximum atomic E-state index is 2.64. The lowest BCUT2D eigenvalue weighted by molar-refractivity contribution is 0.590. The zero-order chi connectivity index (χ0) is 56.8. The molecule has 0 radical (unpaired) electrons. The molecule has 0 atom stereocenters. The molecule has 2 aliphatic rings. The molecule has 2 aliphatic heterocycles. The van der Waals surface area contributed by atoms with Crippen LogP contribution in [0.5, 0.6) is 0 Å². The number of benzene rings is 12. The zero-order valence-corrected chi connectivity index (χ0v) is 48.5. The average Bonchev–Trinajstić information content (AvgIpc) is 0.845. The third-order valence-electron chi connectivity index (χ3n) is 17.6. The summed E-state index contributed by atoms with van der Waals surface area (Å²) in [5.74, 6) is 0. The Balaban J connectivity index is 1.11. The van der Waals surface area contributed by atoms with Gasteiger partial charge in [0.15, 0.2) is 0 Å². The molecule has 0 unspecified atom stereocenters. The maximum Gasteiger partial charge on any atom is 0.252 e. The lowest BCUT2D eigenvalue weighted by Crippen LogP contribution is -2.61. The van der Waals surface area contributed by atoms with Gasteiger partial charge >= 0.3 is 0 Å². The molecule has 13 aromatic rings. The second-order valence-corrected chi connectivity index (χ2v) is 25.0. The van der Waals surface area contributed by atoms with Crippen molar-refractivity contribution in [1.29, 1.82) is 0 Å². The van der Waals surface area contributed by atoms with Crippen molar-refractivity contribution in [2.75, 3.05) is 9.80 Å². The topological polar surface area (TPSA) is 11.4 Å². The van der Waals surface area contributed by atoms with E-state index in [1.165, 1.54) is 82.9 Å². The van der Waals surface area contributed by atoms with E-state index in [2.05, 4.69) is 335 Å². The standard InChI is InChI=1S/C80H64BN3/c1-79(2,3)62-39-41-70-73(51-62)82(65-45-57(53-25-12-7-13-26-53)43-58(46-65)54-27-14-8-15-28-54)75-49-61(67-36-24-37-69-68-35-22-23-38-72(68)84(78(67)69)64-33-20-11-21-34-64)50-76-77(75)81(70)71-42-40-63(80(4,5)6)52-74(71)83(76)66-47-59(55-29-16-9-17-30-55)44-60(48-66)56-31-18-10-19-32-56/h7-52H,1-6H3. The van der Waals surface area contributed by atoms with Gasteiger partial charge in [0.25, 0.3) is 6.71 Å². The van der Waals surface area contributed by atoms with E-state index >= 15 is 0 Å². The van der Waals surface area contributed by atoms with Crippen LogP contribution in [0, 0.1) is 0 Å². The Bertz CT molecular complexity index is 4330. The minimum Gasteiger partial charge on any atom is -0.311 e. The van der Waals surface area contributed by atoms with Gasteiger partial charge in [0, 0.05) is 56.1 Å². The normalized spacial score (nSPS) is 12.8. The van der Waals surface area contributed by atoms with Gasteiger partial charge < -0.3 is 14.4 Å². The van der Waals surface area contributed by atoms with E-state index in [-0.39, 0.29) is 17.5 Å². The SMILES string of the molecule is CC(C)(C)c1ccc2c(c1)N(c1cc(-c3ccccc3)cc(-c3ccccc3)c1)c1cc(-c3cccc4c5ccccc5n(-c5ccccc5)c34)cc3c1B2c1ccc(C(C)(C)C)cc1N3c1cc(-c2ccccc2)cc(-c2ccccc2)c1. The first kappa shape index (κ1) is 51.0. The Morgan fingerprint density at radius 3 is 1.11 bits per heavy atom. The van der Waals surface area contributed by atoms with Gasteiger partial charge in [-0.3, -0.25) is 0 Å². The Morgan fingerprint density at radius 1 is 0.286 bits per heavy atom. The lowest BCUT2D eigenvalue weighted by Gasteiger charge is -2.45. The van der Waals surface area contributed by atoms with E-state index in [9.17, 15) is 0 Å². The maximum absolute atomic E-state index is 2.64. The minimum atomic E-state index is -0.126. The predicted molar refractivity (Wildman–Crippen MR) is 359 cm³/mol. The Labute approximate surface area is 494 Å². The third kappa shape index (κ3) is 8.67. The average molecular weight is 1080 g/mol. The summed E-state index contributed by atoms with van der Waals surface area (Å²) in [6.07, 6.45) is 0. The van der Waals surface area contributed by atoms with Gasteiger partial charge in [0.2, 0.25) is 0 Å². The smallest absolute Gasteiger partial charge is 0.252 e. The first-order valence-corrected chi connectivity index (χ1v) is 29.6. The van der Waals surface area contributed by atoms with Crippen molar-refractivity contribution < 1.29 is 0 Å². The van der Waals surface area contributed by atoms with Crippen LogP contribution in [0.1, 0.15) is 52.7 Å². The Hall–Kier alpha value is -9.90. The molecule has 402 valence electrons. The number of hydrogen-bond donors (Lipinski definition) is 0. The molecule has 84 heavy (non-hydrogen) atoms. The molecule has 0 saturated carbocycles. The van der Waals surface area contributed by atoms with E-state index in [1.807, 2.05) is 0 Å². The van der Waals surface area contributed by atoms with Crippen LogP contribution < -0.4 is 26.2 Å². The first-order chi connectivity index (χ1) is 40.9. The van der Waals surface area contributed by atoms with E-state index in [0.29, 0.717) is 0 Å². The molecule has 3 heterocycles. The van der Waals surface area contributed by atoms with Gasteiger partial charge in [-0.05, 0) is 167 Å². The van der Waals surface area contributed by atoms with Crippen molar-refractivity contribution >= 4 is 79.0 Å². The zero-order valence-electron chi connectivity index (χ0n) is 48.5. The van der Waals surface area contributed by atoms with Crippen molar-refractivity contribution in [3.8, 4) is 61.3 Å². The molecule has 4 heteroatoms. The largest absolute Gasteiger partial charge is 0.311 e. The third-order valence-corrected chi connectivity index (χ3v) is 17.6. The number of para-hydroxylation sites is 3. The van der Waals surface area contributed by atoms with Crippen molar-refractivity contribution in [2.45, 2.75) is 52.4 Å². The summed E-state index contributed by atoms with van der Waals surface area (Å²) in [6.45, 7) is 14.0. The summed E-state index contributed by atoms with van der Waals surface area (Å²) in [5, 5.41) is 2.45. The molecule has 0 aliphatic carbocycles. The van der Waals surface area contributed by atoms with Gasteiger partial charge in [0.1, 0.15) is 0 Å². The first-order valence-electron chi connectivity index (χ1n) is 29.6. The fourth-order valence-electron chi connectivity index (χ4n) is 13.4. The van der Waals surface area contributed by atoms with Crippen molar-refractivity contribution in [2.24, 2.45) is 0 Å². The van der Waals surface area contributed by atoms with E-state index in [0.717, 1.165) is 61.8 Å². The molecule has 1 aromatic heterocycles. The van der Waals surface area contributed by atoms with Crippen LogP contribution in [0.15, 0.2) is 279 Å². The van der Waals surface area contributed by atoms with Crippen LogP contribution in [-0.4, -0.2) is 11.3 Å². The molecule has 0 saturated heterocycles. The highest BCUT2D eigenvalue weighted by Gasteiger charge is 2.45.